The predicted octanol–water partition coefficient (Wildman–Crippen LogP) is 2.41. The van der Waals surface area contributed by atoms with E-state index in [9.17, 15) is 13.2 Å². The van der Waals surface area contributed by atoms with Gasteiger partial charge in [-0.3, -0.25) is 9.69 Å². The molecule has 1 N–H and O–H groups in total. The molecule has 0 bridgehead atoms. The van der Waals surface area contributed by atoms with Crippen molar-refractivity contribution in [3.63, 3.8) is 0 Å². The topological polar surface area (TPSA) is 74.7 Å². The van der Waals surface area contributed by atoms with Crippen LogP contribution in [0.25, 0.3) is 0 Å². The largest absolute Gasteiger partial charge is 0.480 e. The van der Waals surface area contributed by atoms with Gasteiger partial charge in [-0.2, -0.15) is 0 Å². The van der Waals surface area contributed by atoms with Gasteiger partial charge in [0.2, 0.25) is 0 Å². The minimum atomic E-state index is -3.41. The molecule has 1 unspecified atom stereocenters. The molecule has 118 valence electrons. The summed E-state index contributed by atoms with van der Waals surface area (Å²) in [5.74, 6) is -1.04. The summed E-state index contributed by atoms with van der Waals surface area (Å²) in [6.45, 7) is 3.91. The van der Waals surface area contributed by atoms with Crippen molar-refractivity contribution < 1.29 is 18.3 Å². The first-order valence-corrected chi connectivity index (χ1v) is 9.15. The maximum atomic E-state index is 12.3. The van der Waals surface area contributed by atoms with Gasteiger partial charge in [0.25, 0.3) is 0 Å². The number of hydrogen-bond acceptors (Lipinski definition) is 4. The van der Waals surface area contributed by atoms with Gasteiger partial charge in [-0.05, 0) is 37.6 Å². The van der Waals surface area contributed by atoms with E-state index in [0.29, 0.717) is 0 Å². The Bertz CT molecular complexity index is 571. The van der Waals surface area contributed by atoms with Gasteiger partial charge in [0.15, 0.2) is 9.84 Å². The average Bonchev–Trinajstić information content (AvgIpc) is 2.42. The summed E-state index contributed by atoms with van der Waals surface area (Å²) in [5.41, 5.74) is 0. The Labute approximate surface area is 134 Å². The summed E-state index contributed by atoms with van der Waals surface area (Å²) in [4.78, 5) is 12.8. The molecular formula is C14H20BrNO4S. The van der Waals surface area contributed by atoms with Crippen molar-refractivity contribution in [3.8, 4) is 0 Å². The van der Waals surface area contributed by atoms with Crippen molar-refractivity contribution in [2.45, 2.75) is 31.2 Å². The lowest BCUT2D eigenvalue weighted by Crippen LogP contribution is -2.40. The highest BCUT2D eigenvalue weighted by Gasteiger charge is 2.20. The molecule has 1 rings (SSSR count). The maximum Gasteiger partial charge on any atom is 0.317 e. The van der Waals surface area contributed by atoms with Crippen LogP contribution in [0.15, 0.2) is 33.6 Å². The zero-order valence-corrected chi connectivity index (χ0v) is 14.5. The minimum Gasteiger partial charge on any atom is -0.480 e. The lowest BCUT2D eigenvalue weighted by molar-refractivity contribution is -0.138. The molecule has 1 aromatic carbocycles. The van der Waals surface area contributed by atoms with Crippen molar-refractivity contribution in [3.05, 3.63) is 28.7 Å². The van der Waals surface area contributed by atoms with E-state index in [2.05, 4.69) is 15.9 Å². The molecule has 0 saturated heterocycles. The van der Waals surface area contributed by atoms with Crippen molar-refractivity contribution in [2.24, 2.45) is 0 Å². The van der Waals surface area contributed by atoms with Crippen LogP contribution in [0, 0.1) is 0 Å². The molecular weight excluding hydrogens is 358 g/mol. The van der Waals surface area contributed by atoms with Crippen LogP contribution in [0.4, 0.5) is 0 Å². The standard InChI is InChI=1S/C14H20BrNO4S/c1-3-11(2)16(10-14(17)18)8-9-21(19,20)13-6-4-12(15)5-7-13/h4-7,11H,3,8-10H2,1-2H3,(H,17,18). The van der Waals surface area contributed by atoms with Crippen LogP contribution in [0.5, 0.6) is 0 Å². The summed E-state index contributed by atoms with van der Waals surface area (Å²) < 4.78 is 25.3. The van der Waals surface area contributed by atoms with Crippen LogP contribution in [-0.4, -0.2) is 49.3 Å². The molecule has 0 aliphatic rings. The highest BCUT2D eigenvalue weighted by molar-refractivity contribution is 9.10. The predicted molar refractivity (Wildman–Crippen MR) is 85.2 cm³/mol. The Morgan fingerprint density at radius 2 is 1.90 bits per heavy atom. The molecule has 0 aromatic heterocycles. The second-order valence-corrected chi connectivity index (χ2v) is 7.92. The highest BCUT2D eigenvalue weighted by atomic mass is 79.9. The van der Waals surface area contributed by atoms with Crippen LogP contribution >= 0.6 is 15.9 Å². The lowest BCUT2D eigenvalue weighted by Gasteiger charge is -2.26. The fourth-order valence-corrected chi connectivity index (χ4v) is 3.41. The molecule has 0 amide bonds. The summed E-state index contributed by atoms with van der Waals surface area (Å²) in [7, 11) is -3.41. The third-order valence-corrected chi connectivity index (χ3v) is 5.61. The quantitative estimate of drug-likeness (QED) is 0.752. The van der Waals surface area contributed by atoms with E-state index in [-0.39, 0.29) is 29.8 Å². The summed E-state index contributed by atoms with van der Waals surface area (Å²) in [6.07, 6.45) is 0.769. The molecule has 0 radical (unpaired) electrons. The van der Waals surface area contributed by atoms with Crippen LogP contribution < -0.4 is 0 Å². The molecule has 1 aromatic rings. The van der Waals surface area contributed by atoms with E-state index in [1.807, 2.05) is 13.8 Å². The number of hydrogen-bond donors (Lipinski definition) is 1. The number of benzene rings is 1. The number of carboxylic acids is 1. The number of carboxylic acid groups (broad SMARTS) is 1. The number of halogens is 1. The molecule has 0 spiro atoms. The van der Waals surface area contributed by atoms with Gasteiger partial charge >= 0.3 is 5.97 Å². The third-order valence-electron chi connectivity index (χ3n) is 3.37. The normalized spacial score (nSPS) is 13.3. The molecule has 0 saturated carbocycles. The SMILES string of the molecule is CCC(C)N(CCS(=O)(=O)c1ccc(Br)cc1)CC(=O)O. The van der Waals surface area contributed by atoms with Crippen LogP contribution in [0.2, 0.25) is 0 Å². The number of carbonyl (C=O) groups is 1. The van der Waals surface area contributed by atoms with Crippen molar-refractivity contribution >= 4 is 31.7 Å². The number of rotatable bonds is 8. The molecule has 0 aliphatic carbocycles. The van der Waals surface area contributed by atoms with Gasteiger partial charge in [0, 0.05) is 17.1 Å². The van der Waals surface area contributed by atoms with Gasteiger partial charge in [-0.25, -0.2) is 8.42 Å². The van der Waals surface area contributed by atoms with E-state index in [4.69, 9.17) is 5.11 Å². The second kappa shape index (κ2) is 7.91. The fourth-order valence-electron chi connectivity index (χ4n) is 1.88. The first-order chi connectivity index (χ1) is 9.76. The Kier molecular flexibility index (Phi) is 6.83. The summed E-state index contributed by atoms with van der Waals surface area (Å²) in [5, 5.41) is 8.91. The number of aliphatic carboxylic acids is 1. The van der Waals surface area contributed by atoms with Gasteiger partial charge in [-0.15, -0.1) is 0 Å². The lowest BCUT2D eigenvalue weighted by atomic mass is 10.2. The minimum absolute atomic E-state index is 0.0289. The average molecular weight is 378 g/mol. The zero-order valence-electron chi connectivity index (χ0n) is 12.1. The Morgan fingerprint density at radius 3 is 2.38 bits per heavy atom. The van der Waals surface area contributed by atoms with E-state index in [1.54, 1.807) is 29.2 Å². The monoisotopic (exact) mass is 377 g/mol. The van der Waals surface area contributed by atoms with E-state index in [0.717, 1.165) is 10.9 Å². The summed E-state index contributed by atoms with van der Waals surface area (Å²) in [6, 6.07) is 6.47. The molecule has 0 aliphatic heterocycles. The van der Waals surface area contributed by atoms with Crippen molar-refractivity contribution in [1.82, 2.24) is 4.90 Å². The Morgan fingerprint density at radius 1 is 1.33 bits per heavy atom. The van der Waals surface area contributed by atoms with E-state index < -0.39 is 15.8 Å². The third kappa shape index (κ3) is 5.76. The van der Waals surface area contributed by atoms with E-state index >= 15 is 0 Å². The van der Waals surface area contributed by atoms with Gasteiger partial charge in [-0.1, -0.05) is 22.9 Å². The molecule has 5 nitrogen and oxygen atoms in total. The Hall–Kier alpha value is -0.920. The van der Waals surface area contributed by atoms with Gasteiger partial charge in [0.05, 0.1) is 17.2 Å². The Balaban J connectivity index is 2.78. The highest BCUT2D eigenvalue weighted by Crippen LogP contribution is 2.16. The van der Waals surface area contributed by atoms with E-state index in [1.165, 1.54) is 0 Å². The molecule has 7 heteroatoms. The van der Waals surface area contributed by atoms with Crippen LogP contribution in [-0.2, 0) is 14.6 Å². The number of sulfone groups is 1. The first-order valence-electron chi connectivity index (χ1n) is 6.70. The second-order valence-electron chi connectivity index (χ2n) is 4.89. The first kappa shape index (κ1) is 18.1. The van der Waals surface area contributed by atoms with Crippen molar-refractivity contribution in [2.75, 3.05) is 18.8 Å². The summed E-state index contributed by atoms with van der Waals surface area (Å²) >= 11 is 3.26. The molecule has 1 atom stereocenters. The molecule has 21 heavy (non-hydrogen) atoms. The van der Waals surface area contributed by atoms with Crippen LogP contribution in [0.1, 0.15) is 20.3 Å². The fraction of sp³-hybridized carbons (Fsp3) is 0.500. The van der Waals surface area contributed by atoms with Gasteiger partial charge < -0.3 is 5.11 Å². The molecule has 0 fully saturated rings. The van der Waals surface area contributed by atoms with Gasteiger partial charge in [0.1, 0.15) is 0 Å². The van der Waals surface area contributed by atoms with Crippen molar-refractivity contribution in [1.29, 1.82) is 0 Å². The van der Waals surface area contributed by atoms with Crippen LogP contribution in [0.3, 0.4) is 0 Å². The smallest absolute Gasteiger partial charge is 0.317 e. The number of nitrogens with zero attached hydrogens (tertiary/aromatic N) is 1. The maximum absolute atomic E-state index is 12.3. The zero-order chi connectivity index (χ0) is 16.0. The molecule has 0 heterocycles.